The number of hydrogen-bond donors (Lipinski definition) is 1. The van der Waals surface area contributed by atoms with Crippen LogP contribution in [0, 0.1) is 0 Å². The second kappa shape index (κ2) is 14.3. The highest BCUT2D eigenvalue weighted by Gasteiger charge is 2.34. The van der Waals surface area contributed by atoms with Gasteiger partial charge in [0.2, 0.25) is 21.8 Å². The quantitative estimate of drug-likeness (QED) is 0.286. The van der Waals surface area contributed by atoms with Crippen LogP contribution in [0.4, 0.5) is 5.69 Å². The molecule has 1 fully saturated rings. The summed E-state index contributed by atoms with van der Waals surface area (Å²) in [5.41, 5.74) is 1.82. The molecule has 0 saturated heterocycles. The van der Waals surface area contributed by atoms with E-state index < -0.39 is 28.5 Å². The van der Waals surface area contributed by atoms with Gasteiger partial charge in [0.1, 0.15) is 18.3 Å². The van der Waals surface area contributed by atoms with E-state index >= 15 is 0 Å². The number of ether oxygens (including phenoxy) is 1. The SMILES string of the molecule is COc1ccc(N(CC(=O)N(Cc2ccc(Cl)c(Cl)c2)[C@@H](Cc2ccccc2)C(=O)NC2CCCC2)S(C)(=O)=O)cc1. The molecule has 2 amide bonds. The van der Waals surface area contributed by atoms with Crippen LogP contribution >= 0.6 is 23.2 Å². The molecule has 1 atom stereocenters. The number of halogens is 2. The lowest BCUT2D eigenvalue weighted by Crippen LogP contribution is -2.54. The van der Waals surface area contributed by atoms with Gasteiger partial charge >= 0.3 is 0 Å². The van der Waals surface area contributed by atoms with Gasteiger partial charge in [-0.1, -0.05) is 72.4 Å². The van der Waals surface area contributed by atoms with Gasteiger partial charge in [-0.3, -0.25) is 13.9 Å². The Bertz CT molecular complexity index is 1480. The molecule has 0 bridgehead atoms. The predicted molar refractivity (Wildman–Crippen MR) is 167 cm³/mol. The average Bonchev–Trinajstić information content (AvgIpc) is 3.48. The summed E-state index contributed by atoms with van der Waals surface area (Å²) in [4.78, 5) is 29.5. The molecule has 0 spiro atoms. The first-order valence-electron chi connectivity index (χ1n) is 13.7. The fraction of sp³-hybridized carbons (Fsp3) is 0.355. The highest BCUT2D eigenvalue weighted by molar-refractivity contribution is 7.92. The molecule has 0 aromatic heterocycles. The molecule has 4 rings (SSSR count). The van der Waals surface area contributed by atoms with E-state index in [0.717, 1.165) is 41.8 Å². The fourth-order valence-electron chi connectivity index (χ4n) is 5.12. The van der Waals surface area contributed by atoms with Crippen LogP contribution in [0.2, 0.25) is 10.0 Å². The lowest BCUT2D eigenvalue weighted by atomic mass is 10.0. The summed E-state index contributed by atoms with van der Waals surface area (Å²) in [7, 11) is -2.36. The maximum atomic E-state index is 14.2. The van der Waals surface area contributed by atoms with E-state index in [0.29, 0.717) is 27.0 Å². The van der Waals surface area contributed by atoms with E-state index in [1.165, 1.54) is 12.0 Å². The number of anilines is 1. The number of sulfonamides is 1. The van der Waals surface area contributed by atoms with Gasteiger partial charge in [-0.25, -0.2) is 8.42 Å². The zero-order valence-corrected chi connectivity index (χ0v) is 26.0. The van der Waals surface area contributed by atoms with Crippen molar-refractivity contribution in [3.63, 3.8) is 0 Å². The van der Waals surface area contributed by atoms with Crippen molar-refractivity contribution >= 4 is 50.7 Å². The molecule has 224 valence electrons. The van der Waals surface area contributed by atoms with Gasteiger partial charge in [0.15, 0.2) is 0 Å². The summed E-state index contributed by atoms with van der Waals surface area (Å²) in [6, 6.07) is 20.0. The Hall–Kier alpha value is -3.27. The van der Waals surface area contributed by atoms with Gasteiger partial charge in [-0.05, 0) is 60.4 Å². The monoisotopic (exact) mass is 631 g/mol. The molecular formula is C31H35Cl2N3O5S. The molecule has 3 aromatic carbocycles. The van der Waals surface area contributed by atoms with Crippen molar-refractivity contribution < 1.29 is 22.7 Å². The molecule has 8 nitrogen and oxygen atoms in total. The second-order valence-corrected chi connectivity index (χ2v) is 13.2. The highest BCUT2D eigenvalue weighted by Crippen LogP contribution is 2.26. The van der Waals surface area contributed by atoms with Crippen LogP contribution in [-0.4, -0.2) is 57.1 Å². The van der Waals surface area contributed by atoms with Crippen molar-refractivity contribution in [2.45, 2.75) is 50.7 Å². The average molecular weight is 633 g/mol. The Morgan fingerprint density at radius 2 is 1.62 bits per heavy atom. The molecule has 42 heavy (non-hydrogen) atoms. The van der Waals surface area contributed by atoms with Crippen LogP contribution in [0.25, 0.3) is 0 Å². The number of carbonyl (C=O) groups excluding carboxylic acids is 2. The van der Waals surface area contributed by atoms with E-state index in [1.54, 1.807) is 42.5 Å². The minimum absolute atomic E-state index is 0.0194. The number of carbonyl (C=O) groups is 2. The third-order valence-electron chi connectivity index (χ3n) is 7.35. The summed E-state index contributed by atoms with van der Waals surface area (Å²) in [5, 5.41) is 3.82. The fourth-order valence-corrected chi connectivity index (χ4v) is 6.29. The van der Waals surface area contributed by atoms with Crippen LogP contribution in [-0.2, 0) is 32.6 Å². The Balaban J connectivity index is 1.73. The van der Waals surface area contributed by atoms with E-state index in [-0.39, 0.29) is 24.9 Å². The van der Waals surface area contributed by atoms with Crippen molar-refractivity contribution in [3.8, 4) is 5.75 Å². The molecule has 1 aliphatic carbocycles. The van der Waals surface area contributed by atoms with Crippen molar-refractivity contribution in [2.24, 2.45) is 0 Å². The van der Waals surface area contributed by atoms with Crippen molar-refractivity contribution in [1.29, 1.82) is 0 Å². The lowest BCUT2D eigenvalue weighted by Gasteiger charge is -2.34. The molecule has 1 aliphatic rings. The van der Waals surface area contributed by atoms with E-state index in [9.17, 15) is 18.0 Å². The summed E-state index contributed by atoms with van der Waals surface area (Å²) in [5.74, 6) is -0.273. The first kappa shape index (κ1) is 31.7. The summed E-state index contributed by atoms with van der Waals surface area (Å²) in [6.07, 6.45) is 5.11. The lowest BCUT2D eigenvalue weighted by molar-refractivity contribution is -0.140. The van der Waals surface area contributed by atoms with Crippen LogP contribution in [0.15, 0.2) is 72.8 Å². The van der Waals surface area contributed by atoms with Crippen molar-refractivity contribution in [3.05, 3.63) is 94.0 Å². The number of amides is 2. The maximum Gasteiger partial charge on any atom is 0.244 e. The number of methoxy groups -OCH3 is 1. The molecule has 0 aliphatic heterocycles. The molecule has 3 aromatic rings. The highest BCUT2D eigenvalue weighted by atomic mass is 35.5. The van der Waals surface area contributed by atoms with E-state index in [4.69, 9.17) is 27.9 Å². The molecule has 11 heteroatoms. The van der Waals surface area contributed by atoms with E-state index in [1.807, 2.05) is 30.3 Å². The number of hydrogen-bond acceptors (Lipinski definition) is 5. The minimum atomic E-state index is -3.87. The Morgan fingerprint density at radius 3 is 2.21 bits per heavy atom. The number of nitrogens with zero attached hydrogens (tertiary/aromatic N) is 2. The van der Waals surface area contributed by atoms with E-state index in [2.05, 4.69) is 5.32 Å². The van der Waals surface area contributed by atoms with Crippen LogP contribution in [0.1, 0.15) is 36.8 Å². The second-order valence-electron chi connectivity index (χ2n) is 10.4. The van der Waals surface area contributed by atoms with Crippen molar-refractivity contribution in [1.82, 2.24) is 10.2 Å². The Morgan fingerprint density at radius 1 is 0.952 bits per heavy atom. The molecule has 1 N–H and O–H groups in total. The Labute approximate surface area is 257 Å². The largest absolute Gasteiger partial charge is 0.497 e. The van der Waals surface area contributed by atoms with Crippen LogP contribution in [0.5, 0.6) is 5.75 Å². The number of nitrogens with one attached hydrogen (secondary N) is 1. The smallest absolute Gasteiger partial charge is 0.244 e. The number of rotatable bonds is 12. The first-order chi connectivity index (χ1) is 20.0. The third kappa shape index (κ3) is 8.40. The van der Waals surface area contributed by atoms with Gasteiger partial charge in [-0.15, -0.1) is 0 Å². The zero-order valence-electron chi connectivity index (χ0n) is 23.6. The minimum Gasteiger partial charge on any atom is -0.497 e. The van der Waals surface area contributed by atoms with Gasteiger partial charge in [0.25, 0.3) is 0 Å². The third-order valence-corrected chi connectivity index (χ3v) is 9.23. The topological polar surface area (TPSA) is 96.0 Å². The number of benzene rings is 3. The van der Waals surface area contributed by atoms with Gasteiger partial charge < -0.3 is 15.0 Å². The van der Waals surface area contributed by atoms with Gasteiger partial charge in [-0.2, -0.15) is 0 Å². The molecule has 1 saturated carbocycles. The maximum absolute atomic E-state index is 14.2. The van der Waals surface area contributed by atoms with Crippen LogP contribution < -0.4 is 14.4 Å². The molecular weight excluding hydrogens is 597 g/mol. The zero-order chi connectivity index (χ0) is 30.3. The summed E-state index contributed by atoms with van der Waals surface area (Å²) < 4.78 is 32.1. The van der Waals surface area contributed by atoms with Gasteiger partial charge in [0.05, 0.1) is 29.1 Å². The Kier molecular flexibility index (Phi) is 10.8. The normalized spacial score (nSPS) is 14.3. The summed E-state index contributed by atoms with van der Waals surface area (Å²) in [6.45, 7) is -0.486. The molecule has 0 radical (unpaired) electrons. The molecule has 0 unspecified atom stereocenters. The van der Waals surface area contributed by atoms with Crippen molar-refractivity contribution in [2.75, 3.05) is 24.2 Å². The summed E-state index contributed by atoms with van der Waals surface area (Å²) >= 11 is 12.4. The standard InChI is InChI=1S/C31H35Cl2N3O5S/c1-41-26-15-13-25(14-16-26)36(42(2,39)40)21-30(37)35(20-23-12-17-27(32)28(33)18-23)29(19-22-8-4-3-5-9-22)31(38)34-24-10-6-7-11-24/h3-5,8-9,12-18,24,29H,6-7,10-11,19-21H2,1-2H3,(H,34,38)/t29-/m0/s1. The van der Waals surface area contributed by atoms with Gasteiger partial charge in [0, 0.05) is 19.0 Å². The predicted octanol–water partition coefficient (Wildman–Crippen LogP) is 5.47. The first-order valence-corrected chi connectivity index (χ1v) is 16.3. The molecule has 0 heterocycles. The van der Waals surface area contributed by atoms with Crippen LogP contribution in [0.3, 0.4) is 0 Å².